The van der Waals surface area contributed by atoms with Gasteiger partial charge in [0, 0.05) is 49.7 Å². The third-order valence-electron chi connectivity index (χ3n) is 4.86. The highest BCUT2D eigenvalue weighted by Gasteiger charge is 2.16. The number of nitrogens with zero attached hydrogens (tertiary/aromatic N) is 2. The van der Waals surface area contributed by atoms with Crippen molar-refractivity contribution >= 4 is 17.5 Å². The summed E-state index contributed by atoms with van der Waals surface area (Å²) in [4.78, 5) is 30.5. The fourth-order valence-corrected chi connectivity index (χ4v) is 3.15. The molecule has 0 bridgehead atoms. The molecule has 154 valence electrons. The Bertz CT molecular complexity index is 1000. The van der Waals surface area contributed by atoms with Gasteiger partial charge >= 0.3 is 0 Å². The number of anilines is 1. The molecule has 2 aromatic carbocycles. The predicted octanol–water partition coefficient (Wildman–Crippen LogP) is 3.69. The lowest BCUT2D eigenvalue weighted by atomic mass is 10.0. The zero-order valence-corrected chi connectivity index (χ0v) is 17.2. The minimum Gasteiger partial charge on any atom is -0.341 e. The van der Waals surface area contributed by atoms with Gasteiger partial charge < -0.3 is 16.0 Å². The van der Waals surface area contributed by atoms with E-state index in [-0.39, 0.29) is 18.2 Å². The van der Waals surface area contributed by atoms with E-state index in [0.717, 1.165) is 16.7 Å². The number of rotatable bonds is 7. The van der Waals surface area contributed by atoms with Gasteiger partial charge in [-0.25, -0.2) is 0 Å². The van der Waals surface area contributed by atoms with Crippen molar-refractivity contribution in [3.05, 3.63) is 95.3 Å². The van der Waals surface area contributed by atoms with E-state index in [1.165, 1.54) is 0 Å². The van der Waals surface area contributed by atoms with Gasteiger partial charge in [0.25, 0.3) is 5.91 Å². The first-order valence-electron chi connectivity index (χ1n) is 9.79. The molecule has 1 heterocycles. The zero-order valence-electron chi connectivity index (χ0n) is 17.2. The van der Waals surface area contributed by atoms with Gasteiger partial charge in [0.2, 0.25) is 5.91 Å². The maximum absolute atomic E-state index is 12.6. The van der Waals surface area contributed by atoms with Crippen molar-refractivity contribution in [1.29, 1.82) is 0 Å². The molecule has 0 fully saturated rings. The first-order chi connectivity index (χ1) is 14.4. The van der Waals surface area contributed by atoms with E-state index in [4.69, 9.17) is 5.73 Å². The summed E-state index contributed by atoms with van der Waals surface area (Å²) in [6, 6.07) is 18.1. The van der Waals surface area contributed by atoms with Crippen LogP contribution < -0.4 is 11.1 Å². The number of nitrogens with two attached hydrogens (primary N) is 1. The van der Waals surface area contributed by atoms with Crippen LogP contribution in [0.4, 0.5) is 5.69 Å². The van der Waals surface area contributed by atoms with Crippen LogP contribution in [0.1, 0.15) is 39.5 Å². The molecule has 3 N–H and O–H groups in total. The second kappa shape index (κ2) is 9.80. The molecule has 30 heavy (non-hydrogen) atoms. The van der Waals surface area contributed by atoms with Gasteiger partial charge in [0.1, 0.15) is 0 Å². The van der Waals surface area contributed by atoms with Gasteiger partial charge in [-0.15, -0.1) is 0 Å². The number of amides is 2. The van der Waals surface area contributed by atoms with Gasteiger partial charge in [0.15, 0.2) is 0 Å². The zero-order chi connectivity index (χ0) is 21.5. The number of aromatic nitrogens is 1. The average Bonchev–Trinajstić information content (AvgIpc) is 2.74. The molecule has 0 aliphatic rings. The van der Waals surface area contributed by atoms with Gasteiger partial charge in [-0.05, 0) is 42.3 Å². The number of aryl methyl sites for hydroxylation is 1. The molecule has 1 unspecified atom stereocenters. The van der Waals surface area contributed by atoms with Crippen LogP contribution in [0.2, 0.25) is 0 Å². The van der Waals surface area contributed by atoms with Gasteiger partial charge in [-0.3, -0.25) is 14.6 Å². The van der Waals surface area contributed by atoms with Crippen molar-refractivity contribution in [2.75, 3.05) is 12.4 Å². The van der Waals surface area contributed by atoms with Gasteiger partial charge in [0.05, 0.1) is 0 Å². The molecule has 0 spiro atoms. The van der Waals surface area contributed by atoms with E-state index in [9.17, 15) is 9.59 Å². The van der Waals surface area contributed by atoms with Crippen molar-refractivity contribution in [3.8, 4) is 0 Å². The molecule has 1 atom stereocenters. The predicted molar refractivity (Wildman–Crippen MR) is 118 cm³/mol. The molecule has 0 aliphatic carbocycles. The highest BCUT2D eigenvalue weighted by Crippen LogP contribution is 2.18. The van der Waals surface area contributed by atoms with Crippen molar-refractivity contribution in [3.63, 3.8) is 0 Å². The van der Waals surface area contributed by atoms with Crippen LogP contribution in [0, 0.1) is 6.92 Å². The summed E-state index contributed by atoms with van der Waals surface area (Å²) in [5.74, 6) is -0.237. The number of carbonyl (C=O) groups is 2. The minimum absolute atomic E-state index is 0.0245. The van der Waals surface area contributed by atoms with Crippen molar-refractivity contribution < 1.29 is 9.59 Å². The lowest BCUT2D eigenvalue weighted by Gasteiger charge is -2.20. The van der Waals surface area contributed by atoms with E-state index in [2.05, 4.69) is 16.4 Å². The Morgan fingerprint density at radius 3 is 2.43 bits per heavy atom. The maximum atomic E-state index is 12.6. The lowest BCUT2D eigenvalue weighted by molar-refractivity contribution is -0.130. The first-order valence-corrected chi connectivity index (χ1v) is 9.79. The third-order valence-corrected chi connectivity index (χ3v) is 4.86. The smallest absolute Gasteiger partial charge is 0.255 e. The summed E-state index contributed by atoms with van der Waals surface area (Å²) >= 11 is 0. The number of benzene rings is 2. The summed E-state index contributed by atoms with van der Waals surface area (Å²) < 4.78 is 0. The van der Waals surface area contributed by atoms with E-state index >= 15 is 0 Å². The molecule has 6 nitrogen and oxygen atoms in total. The highest BCUT2D eigenvalue weighted by molar-refractivity contribution is 6.04. The molecule has 0 saturated carbocycles. The molecule has 1 aromatic heterocycles. The molecular weight excluding hydrogens is 376 g/mol. The Kier molecular flexibility index (Phi) is 6.93. The first kappa shape index (κ1) is 21.2. The van der Waals surface area contributed by atoms with Crippen molar-refractivity contribution in [2.24, 2.45) is 5.73 Å². The van der Waals surface area contributed by atoms with Crippen LogP contribution in [-0.4, -0.2) is 28.7 Å². The summed E-state index contributed by atoms with van der Waals surface area (Å²) in [6.07, 6.45) is 3.43. The third kappa shape index (κ3) is 5.75. The van der Waals surface area contributed by atoms with Crippen LogP contribution in [0.25, 0.3) is 0 Å². The molecule has 6 heteroatoms. The number of hydrogen-bond donors (Lipinski definition) is 2. The number of nitrogens with one attached hydrogen (secondary N) is 1. The fourth-order valence-electron chi connectivity index (χ4n) is 3.15. The quantitative estimate of drug-likeness (QED) is 0.631. The van der Waals surface area contributed by atoms with E-state index in [1.807, 2.05) is 25.1 Å². The Labute approximate surface area is 176 Å². The molecule has 3 rings (SSSR count). The van der Waals surface area contributed by atoms with E-state index in [1.54, 1.807) is 60.7 Å². The Morgan fingerprint density at radius 2 is 1.77 bits per heavy atom. The van der Waals surface area contributed by atoms with Crippen LogP contribution >= 0.6 is 0 Å². The SMILES string of the molecule is Cc1cccc(CN(C)C(=O)CC(N)c2ccc(C(=O)Nc3ccncc3)cc2)c1. The van der Waals surface area contributed by atoms with Gasteiger partial charge in [-0.1, -0.05) is 42.0 Å². The summed E-state index contributed by atoms with van der Waals surface area (Å²) in [6.45, 7) is 2.57. The summed E-state index contributed by atoms with van der Waals surface area (Å²) in [7, 11) is 1.78. The van der Waals surface area contributed by atoms with Crippen molar-refractivity contribution in [1.82, 2.24) is 9.88 Å². The largest absolute Gasteiger partial charge is 0.341 e. The van der Waals surface area contributed by atoms with E-state index in [0.29, 0.717) is 17.8 Å². The number of hydrogen-bond acceptors (Lipinski definition) is 4. The van der Waals surface area contributed by atoms with Crippen LogP contribution in [0.3, 0.4) is 0 Å². The van der Waals surface area contributed by atoms with Crippen LogP contribution in [0.15, 0.2) is 73.1 Å². The van der Waals surface area contributed by atoms with Gasteiger partial charge in [-0.2, -0.15) is 0 Å². The highest BCUT2D eigenvalue weighted by atomic mass is 16.2. The standard InChI is InChI=1S/C24H26N4O2/c1-17-4-3-5-18(14-17)16-28(2)23(29)15-22(25)19-6-8-20(9-7-19)24(30)27-21-10-12-26-13-11-21/h3-14,22H,15-16,25H2,1-2H3,(H,26,27,30). The maximum Gasteiger partial charge on any atom is 0.255 e. The van der Waals surface area contributed by atoms with Crippen molar-refractivity contribution in [2.45, 2.75) is 25.9 Å². The molecule has 0 radical (unpaired) electrons. The summed E-state index contributed by atoms with van der Waals surface area (Å²) in [5, 5.41) is 2.81. The molecular formula is C24H26N4O2. The molecule has 0 aliphatic heterocycles. The molecule has 2 amide bonds. The fraction of sp³-hybridized carbons (Fsp3) is 0.208. The number of carbonyl (C=O) groups excluding carboxylic acids is 2. The topological polar surface area (TPSA) is 88.3 Å². The Hall–Kier alpha value is -3.51. The molecule has 0 saturated heterocycles. The number of pyridine rings is 1. The minimum atomic E-state index is -0.435. The Morgan fingerprint density at radius 1 is 1.07 bits per heavy atom. The lowest BCUT2D eigenvalue weighted by Crippen LogP contribution is -2.29. The Balaban J connectivity index is 1.56. The normalized spacial score (nSPS) is 11.6. The van der Waals surface area contributed by atoms with Crippen LogP contribution in [-0.2, 0) is 11.3 Å². The monoisotopic (exact) mass is 402 g/mol. The second-order valence-corrected chi connectivity index (χ2v) is 7.36. The molecule has 3 aromatic rings. The average molecular weight is 402 g/mol. The second-order valence-electron chi connectivity index (χ2n) is 7.36. The van der Waals surface area contributed by atoms with E-state index < -0.39 is 6.04 Å². The summed E-state index contributed by atoms with van der Waals surface area (Å²) in [5.41, 5.74) is 10.5. The van der Waals surface area contributed by atoms with Crippen LogP contribution in [0.5, 0.6) is 0 Å².